The summed E-state index contributed by atoms with van der Waals surface area (Å²) in [7, 11) is -2.13. The van der Waals surface area contributed by atoms with Gasteiger partial charge in [-0.25, -0.2) is 22.4 Å². The lowest BCUT2D eigenvalue weighted by molar-refractivity contribution is 0.0584. The largest absolute Gasteiger partial charge is 0.495 e. The van der Waals surface area contributed by atoms with Crippen LogP contribution in [0.3, 0.4) is 0 Å². The van der Waals surface area contributed by atoms with Gasteiger partial charge in [-0.2, -0.15) is 0 Å². The molecule has 11 nitrogen and oxygen atoms in total. The standard InChI is InChI=1S/C33H41FN4O7S/c1-7-16-37-22(19-24-26(11-8-12-28(24)37)35-27-15-18-36(31(39)40)21-25(27)34)10-9-17-38(32(41)45-33(2,3)4)29-14-13-23(46(6,42)43)20-30(29)44-5/h8,11-14,19-20,25,27,35H,7,15-18,21H2,1-6H3,(H,39,40). The van der Waals surface area contributed by atoms with Gasteiger partial charge in [0.15, 0.2) is 9.84 Å². The van der Waals surface area contributed by atoms with Crippen LogP contribution in [0, 0.1) is 11.8 Å². The summed E-state index contributed by atoms with van der Waals surface area (Å²) >= 11 is 0. The first kappa shape index (κ1) is 34.4. The number of anilines is 2. The third kappa shape index (κ3) is 8.04. The summed E-state index contributed by atoms with van der Waals surface area (Å²) in [6.45, 7) is 7.91. The lowest BCUT2D eigenvalue weighted by atomic mass is 10.0. The van der Waals surface area contributed by atoms with Gasteiger partial charge in [0.1, 0.15) is 17.5 Å². The molecule has 1 aromatic heterocycles. The molecule has 3 aromatic rings. The number of fused-ring (bicyclic) bond motifs is 1. The first-order valence-electron chi connectivity index (χ1n) is 15.0. The molecular weight excluding hydrogens is 615 g/mol. The Morgan fingerprint density at radius 2 is 1.93 bits per heavy atom. The number of benzene rings is 2. The minimum Gasteiger partial charge on any atom is -0.495 e. The maximum absolute atomic E-state index is 15.0. The fourth-order valence-corrected chi connectivity index (χ4v) is 5.94. The van der Waals surface area contributed by atoms with E-state index in [9.17, 15) is 27.5 Å². The highest BCUT2D eigenvalue weighted by Gasteiger charge is 2.32. The minimum absolute atomic E-state index is 0.0448. The van der Waals surface area contributed by atoms with Crippen LogP contribution in [0.5, 0.6) is 5.75 Å². The maximum Gasteiger partial charge on any atom is 0.415 e. The van der Waals surface area contributed by atoms with Crippen LogP contribution in [-0.2, 0) is 21.1 Å². The molecule has 13 heteroatoms. The number of rotatable bonds is 8. The summed E-state index contributed by atoms with van der Waals surface area (Å²) in [4.78, 5) is 27.1. The number of nitrogens with zero attached hydrogens (tertiary/aromatic N) is 3. The molecule has 2 N–H and O–H groups in total. The van der Waals surface area contributed by atoms with Gasteiger partial charge in [0.25, 0.3) is 0 Å². The number of alkyl halides is 1. The molecule has 0 spiro atoms. The van der Waals surface area contributed by atoms with Crippen molar-refractivity contribution in [2.24, 2.45) is 0 Å². The molecule has 0 bridgehead atoms. The van der Waals surface area contributed by atoms with E-state index in [1.54, 1.807) is 20.8 Å². The van der Waals surface area contributed by atoms with Crippen molar-refractivity contribution in [2.75, 3.05) is 43.2 Å². The van der Waals surface area contributed by atoms with Crippen LogP contribution in [0.4, 0.5) is 25.4 Å². The van der Waals surface area contributed by atoms with Crippen molar-refractivity contribution in [1.82, 2.24) is 9.47 Å². The summed E-state index contributed by atoms with van der Waals surface area (Å²) < 4.78 is 52.4. The van der Waals surface area contributed by atoms with Gasteiger partial charge < -0.3 is 29.4 Å². The lowest BCUT2D eigenvalue weighted by Gasteiger charge is -2.34. The molecule has 4 rings (SSSR count). The third-order valence-corrected chi connectivity index (χ3v) is 8.59. The van der Waals surface area contributed by atoms with Crippen molar-refractivity contribution in [3.63, 3.8) is 0 Å². The Labute approximate surface area is 269 Å². The minimum atomic E-state index is -3.52. The van der Waals surface area contributed by atoms with Crippen molar-refractivity contribution < 1.29 is 37.0 Å². The van der Waals surface area contributed by atoms with E-state index in [1.807, 2.05) is 31.2 Å². The molecule has 2 amide bonds. The third-order valence-electron chi connectivity index (χ3n) is 7.48. The predicted octanol–water partition coefficient (Wildman–Crippen LogP) is 5.76. The van der Waals surface area contributed by atoms with Gasteiger partial charge in [0, 0.05) is 36.5 Å². The van der Waals surface area contributed by atoms with Crippen LogP contribution in [0.15, 0.2) is 47.4 Å². The molecule has 0 radical (unpaired) electrons. The Bertz CT molecular complexity index is 1770. The summed E-state index contributed by atoms with van der Waals surface area (Å²) in [6.07, 6.45) is -0.919. The van der Waals surface area contributed by atoms with Crippen molar-refractivity contribution >= 4 is 44.3 Å². The van der Waals surface area contributed by atoms with Gasteiger partial charge in [0.05, 0.1) is 48.0 Å². The van der Waals surface area contributed by atoms with E-state index < -0.39 is 39.8 Å². The number of ether oxygens (including phenoxy) is 2. The van der Waals surface area contributed by atoms with Crippen molar-refractivity contribution in [3.05, 3.63) is 48.2 Å². The quantitative estimate of drug-likeness (QED) is 0.293. The Morgan fingerprint density at radius 3 is 2.54 bits per heavy atom. The monoisotopic (exact) mass is 656 g/mol. The van der Waals surface area contributed by atoms with Crippen molar-refractivity contribution in [2.45, 2.75) is 69.8 Å². The van der Waals surface area contributed by atoms with Crippen LogP contribution in [0.25, 0.3) is 10.9 Å². The number of carbonyl (C=O) groups excluding carboxylic acids is 1. The van der Waals surface area contributed by atoms with E-state index in [0.29, 0.717) is 24.3 Å². The summed E-state index contributed by atoms with van der Waals surface area (Å²) in [5.41, 5.74) is 1.80. The van der Waals surface area contributed by atoms with Crippen LogP contribution in [0.1, 0.15) is 46.2 Å². The van der Waals surface area contributed by atoms with Crippen molar-refractivity contribution in [1.29, 1.82) is 0 Å². The van der Waals surface area contributed by atoms with E-state index in [1.165, 1.54) is 30.2 Å². The Morgan fingerprint density at radius 1 is 1.20 bits per heavy atom. The molecule has 2 aromatic carbocycles. The molecule has 1 aliphatic rings. The smallest absolute Gasteiger partial charge is 0.415 e. The van der Waals surface area contributed by atoms with Gasteiger partial charge in [-0.05, 0) is 69.9 Å². The predicted molar refractivity (Wildman–Crippen MR) is 175 cm³/mol. The molecule has 0 aliphatic carbocycles. The van der Waals surface area contributed by atoms with Gasteiger partial charge >= 0.3 is 12.2 Å². The highest BCUT2D eigenvalue weighted by molar-refractivity contribution is 7.90. The van der Waals surface area contributed by atoms with E-state index in [-0.39, 0.29) is 30.3 Å². The normalized spacial score (nSPS) is 16.8. The number of halogens is 1. The molecule has 248 valence electrons. The molecule has 0 saturated carbocycles. The fourth-order valence-electron chi connectivity index (χ4n) is 5.31. The second kappa shape index (κ2) is 13.9. The van der Waals surface area contributed by atoms with E-state index in [2.05, 4.69) is 21.7 Å². The fraction of sp³-hybridized carbons (Fsp3) is 0.455. The number of amides is 2. The zero-order valence-corrected chi connectivity index (χ0v) is 27.8. The first-order chi connectivity index (χ1) is 21.6. The number of piperidine rings is 1. The Hall–Kier alpha value is -4.44. The number of carbonyl (C=O) groups is 2. The van der Waals surface area contributed by atoms with Gasteiger partial charge in [-0.3, -0.25) is 4.90 Å². The first-order valence-corrected chi connectivity index (χ1v) is 16.9. The molecule has 2 atom stereocenters. The second-order valence-electron chi connectivity index (χ2n) is 12.2. The summed E-state index contributed by atoms with van der Waals surface area (Å²) in [5.74, 6) is 6.45. The van der Waals surface area contributed by atoms with Gasteiger partial charge in [-0.1, -0.05) is 18.9 Å². The van der Waals surface area contributed by atoms with Crippen LogP contribution in [0.2, 0.25) is 0 Å². The highest BCUT2D eigenvalue weighted by atomic mass is 32.2. The molecular formula is C33H41FN4O7S. The lowest BCUT2D eigenvalue weighted by Crippen LogP contribution is -2.49. The number of hydrogen-bond acceptors (Lipinski definition) is 7. The van der Waals surface area contributed by atoms with Gasteiger partial charge in [-0.15, -0.1) is 0 Å². The molecule has 2 heterocycles. The van der Waals surface area contributed by atoms with E-state index in [4.69, 9.17) is 9.47 Å². The topological polar surface area (TPSA) is 130 Å². The zero-order chi connectivity index (χ0) is 33.8. The van der Waals surface area contributed by atoms with Crippen LogP contribution >= 0.6 is 0 Å². The average Bonchev–Trinajstić information content (AvgIpc) is 3.32. The summed E-state index contributed by atoms with van der Waals surface area (Å²) in [5, 5.41) is 13.4. The number of aromatic nitrogens is 1. The summed E-state index contributed by atoms with van der Waals surface area (Å²) in [6, 6.07) is 11.3. The van der Waals surface area contributed by atoms with Gasteiger partial charge in [0.2, 0.25) is 0 Å². The molecule has 1 fully saturated rings. The second-order valence-corrected chi connectivity index (χ2v) is 14.2. The molecule has 1 saturated heterocycles. The average molecular weight is 657 g/mol. The SMILES string of the molecule is CCCn1c(C#CCN(C(=O)OC(C)(C)C)c2ccc(S(C)(=O)=O)cc2OC)cc2c(NC3CCN(C(=O)O)CC3F)cccc21. The van der Waals surface area contributed by atoms with E-state index in [0.717, 1.165) is 34.2 Å². The van der Waals surface area contributed by atoms with Crippen LogP contribution < -0.4 is 15.0 Å². The molecule has 46 heavy (non-hydrogen) atoms. The number of likely N-dealkylation sites (tertiary alicyclic amines) is 1. The maximum atomic E-state index is 15.0. The Balaban J connectivity index is 1.69. The van der Waals surface area contributed by atoms with E-state index >= 15 is 0 Å². The number of sulfone groups is 1. The van der Waals surface area contributed by atoms with Crippen molar-refractivity contribution in [3.8, 4) is 17.6 Å². The number of nitrogens with one attached hydrogen (secondary N) is 1. The number of aryl methyl sites for hydroxylation is 1. The molecule has 2 unspecified atom stereocenters. The molecule has 1 aliphatic heterocycles. The number of carboxylic acid groups (broad SMARTS) is 1. The number of methoxy groups -OCH3 is 1. The van der Waals surface area contributed by atoms with Crippen LogP contribution in [-0.4, -0.2) is 86.0 Å². The highest BCUT2D eigenvalue weighted by Crippen LogP contribution is 2.33. The number of hydrogen-bond donors (Lipinski definition) is 2. The zero-order valence-electron chi connectivity index (χ0n) is 27.0. The Kier molecular flexibility index (Phi) is 10.4.